The third kappa shape index (κ3) is 2.60. The Morgan fingerprint density at radius 2 is 1.79 bits per heavy atom. The summed E-state index contributed by atoms with van der Waals surface area (Å²) in [5.74, 6) is 0.370. The lowest BCUT2D eigenvalue weighted by molar-refractivity contribution is 0.519. The SMILES string of the molecule is Cc1ccccc1-c1nc2scc(-c3ccc(Br)cc3)c2c(=O)o1. The maximum absolute atomic E-state index is 12.6. The number of hydrogen-bond acceptors (Lipinski definition) is 4. The van der Waals surface area contributed by atoms with Crippen molar-refractivity contribution in [1.29, 1.82) is 0 Å². The number of benzene rings is 2. The molecule has 0 aliphatic heterocycles. The Labute approximate surface area is 150 Å². The molecule has 24 heavy (non-hydrogen) atoms. The molecule has 0 N–H and O–H groups in total. The standard InChI is InChI=1S/C19H12BrNO2S/c1-11-4-2-3-5-14(11)17-21-18-16(19(22)23-17)15(10-24-18)12-6-8-13(20)9-7-12/h2-10H,1H3. The Kier molecular flexibility index (Phi) is 3.82. The van der Waals surface area contributed by atoms with Gasteiger partial charge >= 0.3 is 5.63 Å². The van der Waals surface area contributed by atoms with Crippen molar-refractivity contribution in [2.75, 3.05) is 0 Å². The van der Waals surface area contributed by atoms with Gasteiger partial charge in [0.2, 0.25) is 5.89 Å². The number of nitrogens with zero attached hydrogens (tertiary/aromatic N) is 1. The first-order chi connectivity index (χ1) is 11.6. The molecule has 0 radical (unpaired) electrons. The van der Waals surface area contributed by atoms with Crippen molar-refractivity contribution in [3.63, 3.8) is 0 Å². The van der Waals surface area contributed by atoms with Gasteiger partial charge in [-0.25, -0.2) is 9.78 Å². The third-order valence-electron chi connectivity index (χ3n) is 3.90. The van der Waals surface area contributed by atoms with Gasteiger partial charge in [0.25, 0.3) is 0 Å². The average molecular weight is 398 g/mol. The highest BCUT2D eigenvalue weighted by atomic mass is 79.9. The van der Waals surface area contributed by atoms with Crippen molar-refractivity contribution in [3.05, 3.63) is 74.4 Å². The molecule has 0 bridgehead atoms. The summed E-state index contributed by atoms with van der Waals surface area (Å²) in [5.41, 5.74) is 3.35. The summed E-state index contributed by atoms with van der Waals surface area (Å²) in [7, 11) is 0. The van der Waals surface area contributed by atoms with Crippen molar-refractivity contribution in [2.45, 2.75) is 6.92 Å². The van der Waals surface area contributed by atoms with Crippen LogP contribution in [0, 0.1) is 6.92 Å². The van der Waals surface area contributed by atoms with Crippen LogP contribution in [0.1, 0.15) is 5.56 Å². The molecular formula is C19H12BrNO2S. The molecule has 2 heterocycles. The molecule has 4 rings (SSSR count). The predicted octanol–water partition coefficient (Wildman–Crippen LogP) is 5.65. The summed E-state index contributed by atoms with van der Waals surface area (Å²) >= 11 is 4.88. The number of halogens is 1. The second-order valence-electron chi connectivity index (χ2n) is 5.46. The van der Waals surface area contributed by atoms with Gasteiger partial charge in [0, 0.05) is 21.0 Å². The molecule has 0 aliphatic carbocycles. The molecule has 0 amide bonds. The summed E-state index contributed by atoms with van der Waals surface area (Å²) < 4.78 is 6.53. The van der Waals surface area contributed by atoms with Crippen LogP contribution in [0.3, 0.4) is 0 Å². The first-order valence-electron chi connectivity index (χ1n) is 7.38. The minimum Gasteiger partial charge on any atom is -0.403 e. The smallest absolute Gasteiger partial charge is 0.348 e. The second kappa shape index (κ2) is 6.00. The van der Waals surface area contributed by atoms with E-state index in [2.05, 4.69) is 20.9 Å². The fourth-order valence-electron chi connectivity index (χ4n) is 2.65. The molecule has 2 aromatic heterocycles. The van der Waals surface area contributed by atoms with Crippen LogP contribution < -0.4 is 5.63 Å². The van der Waals surface area contributed by atoms with E-state index >= 15 is 0 Å². The maximum atomic E-state index is 12.6. The third-order valence-corrected chi connectivity index (χ3v) is 5.30. The number of aryl methyl sites for hydroxylation is 1. The number of fused-ring (bicyclic) bond motifs is 1. The summed E-state index contributed by atoms with van der Waals surface area (Å²) in [6.07, 6.45) is 0. The Hall–Kier alpha value is -2.24. The zero-order valence-electron chi connectivity index (χ0n) is 12.7. The van der Waals surface area contributed by atoms with Crippen LogP contribution in [0.15, 0.2) is 67.6 Å². The summed E-state index contributed by atoms with van der Waals surface area (Å²) in [6, 6.07) is 15.6. The molecule has 2 aromatic carbocycles. The predicted molar refractivity (Wildman–Crippen MR) is 101 cm³/mol. The van der Waals surface area contributed by atoms with Crippen LogP contribution in [0.4, 0.5) is 0 Å². The highest BCUT2D eigenvalue weighted by molar-refractivity contribution is 9.10. The molecular weight excluding hydrogens is 386 g/mol. The minimum absolute atomic E-state index is 0.350. The first kappa shape index (κ1) is 15.3. The van der Waals surface area contributed by atoms with Crippen LogP contribution in [0.25, 0.3) is 32.8 Å². The maximum Gasteiger partial charge on any atom is 0.348 e. The lowest BCUT2D eigenvalue weighted by Gasteiger charge is -2.04. The molecule has 0 saturated carbocycles. The average Bonchev–Trinajstić information content (AvgIpc) is 3.00. The van der Waals surface area contributed by atoms with Gasteiger partial charge in [-0.15, -0.1) is 11.3 Å². The number of thiophene rings is 1. The van der Waals surface area contributed by atoms with Gasteiger partial charge in [-0.2, -0.15) is 0 Å². The summed E-state index contributed by atoms with van der Waals surface area (Å²) in [4.78, 5) is 17.9. The van der Waals surface area contributed by atoms with E-state index in [1.165, 1.54) is 11.3 Å². The quantitative estimate of drug-likeness (QED) is 0.438. The minimum atomic E-state index is -0.350. The van der Waals surface area contributed by atoms with E-state index in [9.17, 15) is 4.79 Å². The Morgan fingerprint density at radius 1 is 1.04 bits per heavy atom. The van der Waals surface area contributed by atoms with Crippen LogP contribution in [0.5, 0.6) is 0 Å². The van der Waals surface area contributed by atoms with E-state index in [0.29, 0.717) is 16.1 Å². The molecule has 0 aliphatic rings. The first-order valence-corrected chi connectivity index (χ1v) is 9.05. The van der Waals surface area contributed by atoms with Gasteiger partial charge < -0.3 is 4.42 Å². The second-order valence-corrected chi connectivity index (χ2v) is 7.23. The highest BCUT2D eigenvalue weighted by Gasteiger charge is 2.16. The molecule has 4 aromatic rings. The summed E-state index contributed by atoms with van der Waals surface area (Å²) in [5, 5.41) is 2.50. The van der Waals surface area contributed by atoms with E-state index in [1.807, 2.05) is 60.8 Å². The van der Waals surface area contributed by atoms with Crippen molar-refractivity contribution in [2.24, 2.45) is 0 Å². The molecule has 5 heteroatoms. The van der Waals surface area contributed by atoms with Crippen LogP contribution in [0.2, 0.25) is 0 Å². The van der Waals surface area contributed by atoms with Gasteiger partial charge in [-0.05, 0) is 36.2 Å². The van der Waals surface area contributed by atoms with Gasteiger partial charge in [0.1, 0.15) is 10.2 Å². The van der Waals surface area contributed by atoms with Gasteiger partial charge in [-0.1, -0.05) is 46.3 Å². The molecule has 118 valence electrons. The molecule has 3 nitrogen and oxygen atoms in total. The van der Waals surface area contributed by atoms with Crippen molar-refractivity contribution >= 4 is 37.5 Å². The van der Waals surface area contributed by atoms with Crippen LogP contribution in [-0.4, -0.2) is 4.98 Å². The molecule has 0 atom stereocenters. The topological polar surface area (TPSA) is 43.1 Å². The van der Waals surface area contributed by atoms with E-state index in [-0.39, 0.29) is 5.63 Å². The normalized spacial score (nSPS) is 11.1. The number of hydrogen-bond donors (Lipinski definition) is 0. The zero-order chi connectivity index (χ0) is 16.7. The van der Waals surface area contributed by atoms with Gasteiger partial charge in [-0.3, -0.25) is 0 Å². The molecule has 0 fully saturated rings. The van der Waals surface area contributed by atoms with E-state index in [4.69, 9.17) is 4.42 Å². The lowest BCUT2D eigenvalue weighted by Crippen LogP contribution is -2.02. The fraction of sp³-hybridized carbons (Fsp3) is 0.0526. The summed E-state index contributed by atoms with van der Waals surface area (Å²) in [6.45, 7) is 1.98. The van der Waals surface area contributed by atoms with Crippen molar-refractivity contribution < 1.29 is 4.42 Å². The zero-order valence-corrected chi connectivity index (χ0v) is 15.1. The Balaban J connectivity index is 1.92. The monoisotopic (exact) mass is 397 g/mol. The van der Waals surface area contributed by atoms with Crippen LogP contribution in [-0.2, 0) is 0 Å². The lowest BCUT2D eigenvalue weighted by atomic mass is 10.1. The van der Waals surface area contributed by atoms with Gasteiger partial charge in [0.15, 0.2) is 0 Å². The van der Waals surface area contributed by atoms with Crippen molar-refractivity contribution in [3.8, 4) is 22.6 Å². The molecule has 0 saturated heterocycles. The van der Waals surface area contributed by atoms with Crippen molar-refractivity contribution in [1.82, 2.24) is 4.98 Å². The Morgan fingerprint density at radius 3 is 2.54 bits per heavy atom. The fourth-order valence-corrected chi connectivity index (χ4v) is 3.85. The number of aromatic nitrogens is 1. The molecule has 0 spiro atoms. The van der Waals surface area contributed by atoms with E-state index in [1.54, 1.807) is 0 Å². The highest BCUT2D eigenvalue weighted by Crippen LogP contribution is 2.33. The molecule has 0 unspecified atom stereocenters. The van der Waals surface area contributed by atoms with Crippen LogP contribution >= 0.6 is 27.3 Å². The largest absolute Gasteiger partial charge is 0.403 e. The Bertz CT molecular complexity index is 1100. The van der Waals surface area contributed by atoms with E-state index in [0.717, 1.165) is 26.7 Å². The van der Waals surface area contributed by atoms with E-state index < -0.39 is 0 Å². The number of rotatable bonds is 2. The van der Waals surface area contributed by atoms with Gasteiger partial charge in [0.05, 0.1) is 0 Å².